The molecule has 9 nitrogen and oxygen atoms in total. The zero-order valence-corrected chi connectivity index (χ0v) is 31.1. The Morgan fingerprint density at radius 2 is 1.67 bits per heavy atom. The van der Waals surface area contributed by atoms with E-state index in [-0.39, 0.29) is 52.5 Å². The number of carbonyl (C=O) groups is 3. The van der Waals surface area contributed by atoms with Crippen LogP contribution in [-0.2, 0) is 28.6 Å². The van der Waals surface area contributed by atoms with Crippen LogP contribution in [0.1, 0.15) is 93.9 Å². The van der Waals surface area contributed by atoms with Crippen LogP contribution in [-0.4, -0.2) is 98.0 Å². The van der Waals surface area contributed by atoms with Crippen LogP contribution in [0.4, 0.5) is 0 Å². The minimum Gasteiger partial charge on any atom is -0.481 e. The second-order valence-electron chi connectivity index (χ2n) is 18.2. The summed E-state index contributed by atoms with van der Waals surface area (Å²) in [7, 11) is 2.10. The summed E-state index contributed by atoms with van der Waals surface area (Å²) in [6.07, 6.45) is 6.31. The summed E-state index contributed by atoms with van der Waals surface area (Å²) in [5.41, 5.74) is -0.402. The van der Waals surface area contributed by atoms with Gasteiger partial charge in [-0.3, -0.25) is 19.3 Å². The van der Waals surface area contributed by atoms with Crippen molar-refractivity contribution in [3.8, 4) is 0 Å². The van der Waals surface area contributed by atoms with E-state index in [9.17, 15) is 19.5 Å². The maximum absolute atomic E-state index is 13.5. The number of carboxylic acid groups (broad SMARTS) is 1. The van der Waals surface area contributed by atoms with Gasteiger partial charge >= 0.3 is 17.9 Å². The van der Waals surface area contributed by atoms with Gasteiger partial charge in [-0.15, -0.1) is 0 Å². The van der Waals surface area contributed by atoms with Crippen LogP contribution < -0.4 is 0 Å². The zero-order chi connectivity index (χ0) is 35.0. The van der Waals surface area contributed by atoms with Crippen LogP contribution in [0.2, 0.25) is 0 Å². The van der Waals surface area contributed by atoms with Crippen LogP contribution in [0.25, 0.3) is 0 Å². The molecule has 9 heteroatoms. The Balaban J connectivity index is 1.35. The predicted octanol–water partition coefficient (Wildman–Crippen LogP) is 5.67. The van der Waals surface area contributed by atoms with Crippen molar-refractivity contribution in [3.05, 3.63) is 11.6 Å². The number of fused-ring (bicyclic) bond motifs is 3. The summed E-state index contributed by atoms with van der Waals surface area (Å²) >= 11 is 0. The largest absolute Gasteiger partial charge is 0.481 e. The van der Waals surface area contributed by atoms with Crippen molar-refractivity contribution >= 4 is 17.9 Å². The van der Waals surface area contributed by atoms with E-state index in [0.717, 1.165) is 51.9 Å². The third kappa shape index (κ3) is 5.30. The van der Waals surface area contributed by atoms with Crippen LogP contribution >= 0.6 is 0 Å². The van der Waals surface area contributed by atoms with Crippen LogP contribution in [0, 0.1) is 56.7 Å². The van der Waals surface area contributed by atoms with Crippen molar-refractivity contribution in [1.82, 2.24) is 9.80 Å². The number of likely N-dealkylation sites (N-methyl/N-ethyl adjacent to an activating group) is 1. The maximum Gasteiger partial charge on any atom is 0.320 e. The van der Waals surface area contributed by atoms with Gasteiger partial charge in [0, 0.05) is 43.9 Å². The Labute approximate surface area is 288 Å². The quantitative estimate of drug-likeness (QED) is 0.271. The van der Waals surface area contributed by atoms with E-state index in [1.807, 2.05) is 0 Å². The van der Waals surface area contributed by atoms with Crippen molar-refractivity contribution < 1.29 is 33.7 Å². The molecule has 0 aromatic rings. The van der Waals surface area contributed by atoms with Crippen molar-refractivity contribution in [2.75, 3.05) is 53.0 Å². The Morgan fingerprint density at radius 1 is 0.979 bits per heavy atom. The lowest BCUT2D eigenvalue weighted by atomic mass is 9.34. The van der Waals surface area contributed by atoms with Crippen LogP contribution in [0.3, 0.4) is 0 Å². The molecule has 48 heavy (non-hydrogen) atoms. The normalized spacial score (nSPS) is 45.2. The van der Waals surface area contributed by atoms with Gasteiger partial charge in [0.05, 0.1) is 25.7 Å². The van der Waals surface area contributed by atoms with E-state index in [4.69, 9.17) is 14.2 Å². The Bertz CT molecular complexity index is 1320. The van der Waals surface area contributed by atoms with Gasteiger partial charge in [0.15, 0.2) is 0 Å². The van der Waals surface area contributed by atoms with Gasteiger partial charge in [-0.1, -0.05) is 60.1 Å². The smallest absolute Gasteiger partial charge is 0.320 e. The molecule has 2 bridgehead atoms. The molecular formula is C39H62N2O7. The molecule has 0 aromatic carbocycles. The predicted molar refractivity (Wildman–Crippen MR) is 183 cm³/mol. The first kappa shape index (κ1) is 35.8. The fourth-order valence-corrected chi connectivity index (χ4v) is 12.5. The van der Waals surface area contributed by atoms with Crippen molar-refractivity contribution in [2.24, 2.45) is 56.7 Å². The molecule has 3 saturated carbocycles. The maximum atomic E-state index is 13.5. The summed E-state index contributed by atoms with van der Waals surface area (Å²) in [6.45, 7) is 21.9. The highest BCUT2D eigenvalue weighted by Crippen LogP contribution is 2.75. The van der Waals surface area contributed by atoms with E-state index in [0.29, 0.717) is 32.0 Å². The summed E-state index contributed by atoms with van der Waals surface area (Å²) in [6, 6.07) is 0. The second-order valence-corrected chi connectivity index (χ2v) is 18.2. The van der Waals surface area contributed by atoms with Crippen molar-refractivity contribution in [1.29, 1.82) is 0 Å². The van der Waals surface area contributed by atoms with Crippen LogP contribution in [0.5, 0.6) is 0 Å². The fraction of sp³-hybridized carbons (Fsp3) is 0.872. The average molecular weight is 671 g/mol. The molecule has 270 valence electrons. The molecule has 11 atom stereocenters. The highest BCUT2D eigenvalue weighted by molar-refractivity contribution is 5.73. The third-order valence-corrected chi connectivity index (χ3v) is 15.6. The molecule has 0 aromatic heterocycles. The molecule has 0 spiro atoms. The minimum atomic E-state index is -0.662. The molecule has 5 fully saturated rings. The van der Waals surface area contributed by atoms with Gasteiger partial charge in [0.25, 0.3) is 0 Å². The molecule has 4 aliphatic carbocycles. The number of carboxylic acids is 1. The first-order chi connectivity index (χ1) is 22.4. The van der Waals surface area contributed by atoms with Gasteiger partial charge in [0.1, 0.15) is 12.2 Å². The number of piperazine rings is 1. The molecular weight excluding hydrogens is 608 g/mol. The summed E-state index contributed by atoms with van der Waals surface area (Å²) < 4.78 is 19.0. The van der Waals surface area contributed by atoms with Gasteiger partial charge in [-0.2, -0.15) is 0 Å². The van der Waals surface area contributed by atoms with Crippen molar-refractivity contribution in [2.45, 2.75) is 106 Å². The Kier molecular flexibility index (Phi) is 9.23. The number of esters is 2. The van der Waals surface area contributed by atoms with E-state index in [1.165, 1.54) is 12.5 Å². The van der Waals surface area contributed by atoms with Gasteiger partial charge in [0.2, 0.25) is 0 Å². The Morgan fingerprint density at radius 3 is 2.29 bits per heavy atom. The standard InChI is InChI=1S/C39H62N2O7/c1-24(2)25(3)35(5)14-15-37(7)27-10-11-30-36(6)22-46-23-39(30,28(27)12-13-38(37,8)32(35)34(44)45)20-29(47-26(4)42)33(36)48-31(43)21-41-18-16-40(9)17-19-41/h12,24-25,27,29-30,32-33H,10-11,13-23H2,1-9H3,(H,44,45)/t25-,27+,29-,30+,32-,33+,35-,36-,37-,38+,39+/m1/s1. The lowest BCUT2D eigenvalue weighted by Crippen LogP contribution is -2.70. The minimum absolute atomic E-state index is 0.201. The lowest BCUT2D eigenvalue weighted by Gasteiger charge is -2.71. The topological polar surface area (TPSA) is 106 Å². The van der Waals surface area contributed by atoms with E-state index < -0.39 is 34.9 Å². The Hall–Kier alpha value is -1.97. The summed E-state index contributed by atoms with van der Waals surface area (Å²) in [5, 5.41) is 11.0. The molecule has 2 heterocycles. The number of nitrogens with zero attached hydrogens (tertiary/aromatic N) is 2. The number of hydrogen-bond donors (Lipinski definition) is 1. The lowest BCUT2D eigenvalue weighted by molar-refractivity contribution is -0.263. The molecule has 0 unspecified atom stereocenters. The molecule has 6 aliphatic rings. The van der Waals surface area contributed by atoms with E-state index in [1.54, 1.807) is 0 Å². The van der Waals surface area contributed by atoms with Gasteiger partial charge < -0.3 is 24.2 Å². The highest BCUT2D eigenvalue weighted by atomic mass is 16.6. The molecule has 2 aliphatic heterocycles. The molecule has 0 amide bonds. The molecule has 1 N–H and O–H groups in total. The third-order valence-electron chi connectivity index (χ3n) is 15.6. The zero-order valence-electron chi connectivity index (χ0n) is 31.1. The van der Waals surface area contributed by atoms with Gasteiger partial charge in [-0.05, 0) is 85.5 Å². The highest BCUT2D eigenvalue weighted by Gasteiger charge is 2.72. The molecule has 2 saturated heterocycles. The average Bonchev–Trinajstić information content (AvgIpc) is 3.00. The summed E-state index contributed by atoms with van der Waals surface area (Å²) in [4.78, 5) is 43.9. The number of ether oxygens (including phenoxy) is 3. The monoisotopic (exact) mass is 670 g/mol. The van der Waals surface area contributed by atoms with Crippen LogP contribution in [0.15, 0.2) is 11.6 Å². The number of hydrogen-bond acceptors (Lipinski definition) is 8. The number of carbonyl (C=O) groups excluding carboxylic acids is 2. The first-order valence-electron chi connectivity index (χ1n) is 18.7. The number of allylic oxidation sites excluding steroid dienone is 1. The van der Waals surface area contributed by atoms with Gasteiger partial charge in [-0.25, -0.2) is 0 Å². The molecule has 6 rings (SSSR count). The van der Waals surface area contributed by atoms with E-state index in [2.05, 4.69) is 71.4 Å². The summed E-state index contributed by atoms with van der Waals surface area (Å²) in [5.74, 6) is -0.648. The van der Waals surface area contributed by atoms with Crippen molar-refractivity contribution in [3.63, 3.8) is 0 Å². The number of rotatable bonds is 7. The number of aliphatic carboxylic acids is 1. The SMILES string of the molecule is CC(=O)O[C@@H]1C[C@@]23COC[C@](C)([C@@H]2CC[C@H]2C3=CC[C@@]3(C)[C@H](C(=O)O)[C@@](C)([C@H](C)C(C)C)CC[C@]23C)[C@H]1OC(=O)CN1CCN(C)CC1. The fourth-order valence-electron chi connectivity index (χ4n) is 12.5. The molecule has 0 radical (unpaired) electrons. The second kappa shape index (κ2) is 12.4. The van der Waals surface area contributed by atoms with E-state index >= 15 is 0 Å². The first-order valence-corrected chi connectivity index (χ1v) is 18.7.